The van der Waals surface area contributed by atoms with Gasteiger partial charge in [-0.15, -0.1) is 0 Å². The number of esters is 1. The quantitative estimate of drug-likeness (QED) is 0.277. The highest BCUT2D eigenvalue weighted by molar-refractivity contribution is 6.05. The second-order valence-corrected chi connectivity index (χ2v) is 6.24. The first-order valence-electron chi connectivity index (χ1n) is 8.82. The largest absolute Gasteiger partial charge is 0.454 e. The summed E-state index contributed by atoms with van der Waals surface area (Å²) >= 11 is 0. The van der Waals surface area contributed by atoms with Gasteiger partial charge in [0.25, 0.3) is 0 Å². The van der Waals surface area contributed by atoms with Crippen LogP contribution in [0.3, 0.4) is 0 Å². The summed E-state index contributed by atoms with van der Waals surface area (Å²) in [6, 6.07) is 9.13. The fourth-order valence-corrected chi connectivity index (χ4v) is 2.88. The van der Waals surface area contributed by atoms with Crippen LogP contribution >= 0.6 is 0 Å². The summed E-state index contributed by atoms with van der Waals surface area (Å²) in [7, 11) is 0. The van der Waals surface area contributed by atoms with Gasteiger partial charge in [0.15, 0.2) is 5.78 Å². The van der Waals surface area contributed by atoms with Crippen molar-refractivity contribution in [1.82, 2.24) is 0 Å². The molecule has 0 saturated carbocycles. The number of cyclic esters (lactones) is 1. The van der Waals surface area contributed by atoms with Crippen LogP contribution < -0.4 is 0 Å². The van der Waals surface area contributed by atoms with Crippen molar-refractivity contribution >= 4 is 11.8 Å². The molecule has 1 aromatic carbocycles. The molecule has 2 rings (SSSR count). The molecule has 128 valence electrons. The molecule has 1 aliphatic rings. The second kappa shape index (κ2) is 9.21. The predicted molar refractivity (Wildman–Crippen MR) is 95.9 cm³/mol. The van der Waals surface area contributed by atoms with Crippen LogP contribution in [0.2, 0.25) is 0 Å². The first kappa shape index (κ1) is 18.2. The molecule has 0 amide bonds. The molecule has 0 aliphatic carbocycles. The summed E-state index contributed by atoms with van der Waals surface area (Å²) in [5.41, 5.74) is 2.11. The Balaban J connectivity index is 1.98. The smallest absolute Gasteiger partial charge is 0.334 e. The van der Waals surface area contributed by atoms with Crippen molar-refractivity contribution in [3.63, 3.8) is 0 Å². The molecule has 0 N–H and O–H groups in total. The molecule has 0 radical (unpaired) electrons. The van der Waals surface area contributed by atoms with Crippen molar-refractivity contribution in [2.24, 2.45) is 0 Å². The lowest BCUT2D eigenvalue weighted by Crippen LogP contribution is -2.11. The molecular weight excluding hydrogens is 300 g/mol. The van der Waals surface area contributed by atoms with Gasteiger partial charge in [-0.25, -0.2) is 4.79 Å². The maximum absolute atomic E-state index is 12.2. The van der Waals surface area contributed by atoms with E-state index in [1.54, 1.807) is 31.2 Å². The molecule has 24 heavy (non-hydrogen) atoms. The molecule has 3 nitrogen and oxygen atoms in total. The van der Waals surface area contributed by atoms with Crippen LogP contribution in [-0.4, -0.2) is 17.9 Å². The van der Waals surface area contributed by atoms with E-state index in [0.717, 1.165) is 24.8 Å². The number of unbranched alkanes of at least 4 members (excludes halogenated alkanes) is 4. The molecule has 1 atom stereocenters. The number of ether oxygens (including phenoxy) is 1. The fourth-order valence-electron chi connectivity index (χ4n) is 2.88. The summed E-state index contributed by atoms with van der Waals surface area (Å²) in [4.78, 5) is 24.0. The number of hydrogen-bond acceptors (Lipinski definition) is 3. The number of carbonyl (C=O) groups is 2. The Morgan fingerprint density at radius 1 is 1.12 bits per heavy atom. The molecule has 1 unspecified atom stereocenters. The van der Waals surface area contributed by atoms with Crippen LogP contribution in [0.25, 0.3) is 0 Å². The standard InChI is InChI=1S/C21H26O3/c1-3-4-5-6-10-13-20-18(16(2)21(23)24-20)14-15-19(22)17-11-8-7-9-12-17/h7-9,11-12,14-15,20H,3-6,10,13H2,1-2H3/b15-14+. The van der Waals surface area contributed by atoms with Crippen LogP contribution in [0.5, 0.6) is 0 Å². The summed E-state index contributed by atoms with van der Waals surface area (Å²) in [6.07, 6.45) is 9.79. The lowest BCUT2D eigenvalue weighted by Gasteiger charge is -2.11. The van der Waals surface area contributed by atoms with Gasteiger partial charge in [0.1, 0.15) is 6.10 Å². The lowest BCUT2D eigenvalue weighted by atomic mass is 9.99. The Kier molecular flexibility index (Phi) is 6.98. The van der Waals surface area contributed by atoms with Gasteiger partial charge < -0.3 is 4.74 Å². The zero-order chi connectivity index (χ0) is 17.4. The zero-order valence-electron chi connectivity index (χ0n) is 14.6. The van der Waals surface area contributed by atoms with Crippen LogP contribution in [0.4, 0.5) is 0 Å². The maximum Gasteiger partial charge on any atom is 0.334 e. The van der Waals surface area contributed by atoms with Gasteiger partial charge in [0, 0.05) is 16.7 Å². The third-order valence-corrected chi connectivity index (χ3v) is 4.38. The van der Waals surface area contributed by atoms with Crippen molar-refractivity contribution in [1.29, 1.82) is 0 Å². The van der Waals surface area contributed by atoms with Crippen molar-refractivity contribution in [2.75, 3.05) is 0 Å². The fraction of sp³-hybridized carbons (Fsp3) is 0.429. The highest BCUT2D eigenvalue weighted by Gasteiger charge is 2.29. The van der Waals surface area contributed by atoms with E-state index in [4.69, 9.17) is 4.74 Å². The zero-order valence-corrected chi connectivity index (χ0v) is 14.6. The predicted octanol–water partition coefficient (Wildman–Crippen LogP) is 5.03. The minimum Gasteiger partial charge on any atom is -0.454 e. The summed E-state index contributed by atoms with van der Waals surface area (Å²) in [6.45, 7) is 3.96. The van der Waals surface area contributed by atoms with E-state index in [0.29, 0.717) is 11.1 Å². The maximum atomic E-state index is 12.2. The number of carbonyl (C=O) groups excluding carboxylic acids is 2. The van der Waals surface area contributed by atoms with Gasteiger partial charge in [-0.1, -0.05) is 69.0 Å². The lowest BCUT2D eigenvalue weighted by molar-refractivity contribution is -0.139. The van der Waals surface area contributed by atoms with Crippen LogP contribution in [-0.2, 0) is 9.53 Å². The van der Waals surface area contributed by atoms with Gasteiger partial charge >= 0.3 is 5.97 Å². The van der Waals surface area contributed by atoms with Crippen molar-refractivity contribution in [2.45, 2.75) is 58.5 Å². The Labute approximate surface area is 144 Å². The minimum atomic E-state index is -0.264. The summed E-state index contributed by atoms with van der Waals surface area (Å²) in [5, 5.41) is 0. The molecule has 1 aromatic rings. The number of rotatable bonds is 9. The van der Waals surface area contributed by atoms with E-state index in [1.165, 1.54) is 19.3 Å². The first-order chi connectivity index (χ1) is 11.6. The monoisotopic (exact) mass is 326 g/mol. The van der Waals surface area contributed by atoms with Gasteiger partial charge in [-0.2, -0.15) is 0 Å². The van der Waals surface area contributed by atoms with Gasteiger partial charge in [-0.05, 0) is 25.8 Å². The average molecular weight is 326 g/mol. The molecular formula is C21H26O3. The summed E-state index contributed by atoms with van der Waals surface area (Å²) < 4.78 is 5.46. The molecule has 1 aliphatic heterocycles. The number of benzene rings is 1. The third-order valence-electron chi connectivity index (χ3n) is 4.38. The van der Waals surface area contributed by atoms with Crippen molar-refractivity contribution in [3.05, 3.63) is 59.2 Å². The molecule has 1 heterocycles. The molecule has 0 saturated heterocycles. The number of hydrogen-bond donors (Lipinski definition) is 0. The third kappa shape index (κ3) is 4.92. The Bertz CT molecular complexity index is 626. The minimum absolute atomic E-state index is 0.0584. The highest BCUT2D eigenvalue weighted by atomic mass is 16.5. The number of allylic oxidation sites excluding steroid dienone is 1. The number of ketones is 1. The Hall–Kier alpha value is -2.16. The van der Waals surface area contributed by atoms with E-state index in [2.05, 4.69) is 6.92 Å². The van der Waals surface area contributed by atoms with Crippen LogP contribution in [0.15, 0.2) is 53.6 Å². The average Bonchev–Trinajstić information content (AvgIpc) is 2.87. The van der Waals surface area contributed by atoms with Crippen molar-refractivity contribution in [3.8, 4) is 0 Å². The van der Waals surface area contributed by atoms with E-state index in [9.17, 15) is 9.59 Å². The van der Waals surface area contributed by atoms with Crippen LogP contribution in [0.1, 0.15) is 62.7 Å². The normalized spacial score (nSPS) is 17.6. The van der Waals surface area contributed by atoms with Crippen LogP contribution in [0, 0.1) is 0 Å². The Morgan fingerprint density at radius 3 is 2.54 bits per heavy atom. The molecule has 0 aromatic heterocycles. The van der Waals surface area contributed by atoms with Crippen molar-refractivity contribution < 1.29 is 14.3 Å². The first-order valence-corrected chi connectivity index (χ1v) is 8.82. The Morgan fingerprint density at radius 2 is 1.83 bits per heavy atom. The van der Waals surface area contributed by atoms with E-state index < -0.39 is 0 Å². The molecule has 3 heteroatoms. The highest BCUT2D eigenvalue weighted by Crippen LogP contribution is 2.27. The van der Waals surface area contributed by atoms with Gasteiger partial charge in [0.2, 0.25) is 0 Å². The molecule has 0 spiro atoms. The SMILES string of the molecule is CCCCCCCC1OC(=O)C(C)=C1/C=C/C(=O)c1ccccc1. The molecule has 0 bridgehead atoms. The summed E-state index contributed by atoms with van der Waals surface area (Å²) in [5.74, 6) is -0.322. The van der Waals surface area contributed by atoms with E-state index in [1.807, 2.05) is 18.2 Å². The topological polar surface area (TPSA) is 43.4 Å². The van der Waals surface area contributed by atoms with E-state index >= 15 is 0 Å². The van der Waals surface area contributed by atoms with Gasteiger partial charge in [-0.3, -0.25) is 4.79 Å². The van der Waals surface area contributed by atoms with Gasteiger partial charge in [0.05, 0.1) is 0 Å². The molecule has 0 fully saturated rings. The van der Waals surface area contributed by atoms with E-state index in [-0.39, 0.29) is 17.9 Å². The second-order valence-electron chi connectivity index (χ2n) is 6.24.